The lowest BCUT2D eigenvalue weighted by atomic mass is 10.2. The summed E-state index contributed by atoms with van der Waals surface area (Å²) in [4.78, 5) is 23.5. The second kappa shape index (κ2) is 11.4. The van der Waals surface area contributed by atoms with Crippen molar-refractivity contribution in [3.8, 4) is 11.5 Å². The monoisotopic (exact) mass is 559 g/mol. The minimum absolute atomic E-state index is 0.0117. The van der Waals surface area contributed by atoms with Crippen molar-refractivity contribution >= 4 is 28.4 Å². The van der Waals surface area contributed by atoms with Crippen molar-refractivity contribution < 1.29 is 36.2 Å². The third-order valence-corrected chi connectivity index (χ3v) is 6.00. The number of alkyl halides is 3. The summed E-state index contributed by atoms with van der Waals surface area (Å²) in [6.07, 6.45) is -3.22. The lowest BCUT2D eigenvalue weighted by molar-refractivity contribution is -0.139. The molecule has 0 bridgehead atoms. The molecule has 1 fully saturated rings. The third-order valence-electron chi connectivity index (χ3n) is 6.00. The number of fused-ring (bicyclic) bond motifs is 1. The van der Waals surface area contributed by atoms with Crippen molar-refractivity contribution in [3.05, 3.63) is 83.7 Å². The summed E-state index contributed by atoms with van der Waals surface area (Å²) in [6, 6.07) is 9.67. The first-order valence-electron chi connectivity index (χ1n) is 12.1. The average Bonchev–Trinajstić information content (AvgIpc) is 2.91. The van der Waals surface area contributed by atoms with E-state index < -0.39 is 29.4 Å². The van der Waals surface area contributed by atoms with E-state index in [2.05, 4.69) is 25.5 Å². The van der Waals surface area contributed by atoms with Crippen molar-refractivity contribution in [1.29, 1.82) is 0 Å². The van der Waals surface area contributed by atoms with Crippen LogP contribution >= 0.6 is 0 Å². The smallest absolute Gasteiger partial charge is 0.419 e. The first-order chi connectivity index (χ1) is 19.1. The number of carbonyl (C=O) groups is 1. The van der Waals surface area contributed by atoms with Gasteiger partial charge in [-0.05, 0) is 42.5 Å². The maximum Gasteiger partial charge on any atom is 0.419 e. The number of rotatable bonds is 6. The first kappa shape index (κ1) is 27.2. The Kier molecular flexibility index (Phi) is 7.76. The van der Waals surface area contributed by atoms with Crippen molar-refractivity contribution in [1.82, 2.24) is 14.9 Å². The Morgan fingerprint density at radius 2 is 1.65 bits per heavy atom. The van der Waals surface area contributed by atoms with E-state index in [0.717, 1.165) is 30.9 Å². The quantitative estimate of drug-likeness (QED) is 0.274. The number of ether oxygens (including phenoxy) is 2. The highest BCUT2D eigenvalue weighted by Gasteiger charge is 2.34. The number of benzene rings is 3. The SMILES string of the molecule is O=C(Nc1ccc(Oc2ccc3ncc(CN4CCOCC4)nc3c2)c(F)c1)Nc1ccc(F)c(C(F)(F)F)c1. The Hall–Kier alpha value is -4.36. The topological polar surface area (TPSA) is 88.6 Å². The predicted octanol–water partition coefficient (Wildman–Crippen LogP) is 6.20. The molecule has 0 atom stereocenters. The molecule has 0 aliphatic carbocycles. The highest BCUT2D eigenvalue weighted by Crippen LogP contribution is 2.33. The molecule has 8 nitrogen and oxygen atoms in total. The largest absolute Gasteiger partial charge is 0.454 e. The highest BCUT2D eigenvalue weighted by molar-refractivity contribution is 5.99. The number of amides is 2. The van der Waals surface area contributed by atoms with Crippen molar-refractivity contribution in [3.63, 3.8) is 0 Å². The molecule has 0 spiro atoms. The van der Waals surface area contributed by atoms with Gasteiger partial charge in [-0.25, -0.2) is 18.6 Å². The van der Waals surface area contributed by atoms with E-state index >= 15 is 0 Å². The fraction of sp³-hybridized carbons (Fsp3) is 0.222. The van der Waals surface area contributed by atoms with Gasteiger partial charge in [-0.2, -0.15) is 13.2 Å². The molecule has 1 aliphatic rings. The second-order valence-corrected chi connectivity index (χ2v) is 8.92. The number of halogens is 5. The van der Waals surface area contributed by atoms with Crippen LogP contribution < -0.4 is 15.4 Å². The van der Waals surface area contributed by atoms with Gasteiger partial charge >= 0.3 is 12.2 Å². The molecular formula is C27H22F5N5O3. The molecule has 0 unspecified atom stereocenters. The van der Waals surface area contributed by atoms with Gasteiger partial charge in [0, 0.05) is 43.1 Å². The first-order valence-corrected chi connectivity index (χ1v) is 12.1. The Balaban J connectivity index is 1.24. The summed E-state index contributed by atoms with van der Waals surface area (Å²) < 4.78 is 78.0. The van der Waals surface area contributed by atoms with Gasteiger partial charge in [0.2, 0.25) is 0 Å². The van der Waals surface area contributed by atoms with Crippen LogP contribution in [0, 0.1) is 11.6 Å². The number of hydrogen-bond acceptors (Lipinski definition) is 6. The maximum absolute atomic E-state index is 14.8. The summed E-state index contributed by atoms with van der Waals surface area (Å²) in [5, 5.41) is 4.47. The van der Waals surface area contributed by atoms with Gasteiger partial charge in [0.05, 0.1) is 41.7 Å². The van der Waals surface area contributed by atoms with Crippen LogP contribution in [0.1, 0.15) is 11.3 Å². The maximum atomic E-state index is 14.8. The number of hydrogen-bond donors (Lipinski definition) is 2. The number of carbonyl (C=O) groups excluding carboxylic acids is 1. The summed E-state index contributed by atoms with van der Waals surface area (Å²) in [6.45, 7) is 3.57. The predicted molar refractivity (Wildman–Crippen MR) is 136 cm³/mol. The lowest BCUT2D eigenvalue weighted by Gasteiger charge is -2.26. The molecule has 1 aromatic heterocycles. The molecule has 0 saturated carbocycles. The zero-order valence-electron chi connectivity index (χ0n) is 20.8. The van der Waals surface area contributed by atoms with Gasteiger partial charge in [-0.3, -0.25) is 9.88 Å². The fourth-order valence-electron chi connectivity index (χ4n) is 4.06. The van der Waals surface area contributed by atoms with E-state index in [4.69, 9.17) is 9.47 Å². The molecule has 0 radical (unpaired) electrons. The van der Waals surface area contributed by atoms with Crippen LogP contribution in [0.3, 0.4) is 0 Å². The Labute approximate surface area is 224 Å². The Morgan fingerprint density at radius 1 is 0.925 bits per heavy atom. The summed E-state index contributed by atoms with van der Waals surface area (Å²) in [7, 11) is 0. The molecule has 2 amide bonds. The molecule has 2 heterocycles. The zero-order chi connectivity index (χ0) is 28.3. The normalized spacial score (nSPS) is 14.2. The molecule has 1 saturated heterocycles. The second-order valence-electron chi connectivity index (χ2n) is 8.92. The fourth-order valence-corrected chi connectivity index (χ4v) is 4.06. The summed E-state index contributed by atoms with van der Waals surface area (Å²) in [5.41, 5.74) is 0.199. The summed E-state index contributed by atoms with van der Waals surface area (Å²) >= 11 is 0. The molecule has 2 N–H and O–H groups in total. The number of morpholine rings is 1. The molecule has 40 heavy (non-hydrogen) atoms. The number of anilines is 2. The zero-order valence-corrected chi connectivity index (χ0v) is 20.8. The molecule has 3 aromatic carbocycles. The minimum atomic E-state index is -4.93. The molecule has 13 heteroatoms. The number of aromatic nitrogens is 2. The number of urea groups is 1. The Morgan fingerprint density at radius 3 is 2.38 bits per heavy atom. The molecule has 4 aromatic rings. The van der Waals surface area contributed by atoms with Gasteiger partial charge in [0.15, 0.2) is 11.6 Å². The van der Waals surface area contributed by atoms with Gasteiger partial charge in [-0.15, -0.1) is 0 Å². The standard InChI is InChI=1S/C27H22F5N5O3/c28-21-4-1-16(11-20(21)27(30,31)32)35-26(38)36-17-2-6-25(22(29)12-17)40-19-3-5-23-24(13-19)34-18(14-33-23)15-37-7-9-39-10-8-37/h1-6,11-14H,7-10,15H2,(H2,35,36,38). The number of nitrogens with one attached hydrogen (secondary N) is 2. The average molecular weight is 559 g/mol. The lowest BCUT2D eigenvalue weighted by Crippen LogP contribution is -2.35. The van der Waals surface area contributed by atoms with E-state index in [9.17, 15) is 26.7 Å². The van der Waals surface area contributed by atoms with Gasteiger partial charge in [0.25, 0.3) is 0 Å². The van der Waals surface area contributed by atoms with Gasteiger partial charge < -0.3 is 20.1 Å². The van der Waals surface area contributed by atoms with Crippen LogP contribution in [0.4, 0.5) is 38.1 Å². The van der Waals surface area contributed by atoms with Crippen molar-refractivity contribution in [2.24, 2.45) is 0 Å². The molecule has 208 valence electrons. The highest BCUT2D eigenvalue weighted by atomic mass is 19.4. The van der Waals surface area contributed by atoms with Crippen LogP contribution in [0.2, 0.25) is 0 Å². The van der Waals surface area contributed by atoms with E-state index in [1.165, 1.54) is 12.1 Å². The van der Waals surface area contributed by atoms with Crippen LogP contribution in [0.15, 0.2) is 60.8 Å². The third kappa shape index (κ3) is 6.61. The molecular weight excluding hydrogens is 537 g/mol. The summed E-state index contributed by atoms with van der Waals surface area (Å²) in [5.74, 6) is -2.08. The Bertz CT molecular complexity index is 1540. The van der Waals surface area contributed by atoms with Gasteiger partial charge in [-0.1, -0.05) is 0 Å². The van der Waals surface area contributed by atoms with Gasteiger partial charge in [0.1, 0.15) is 11.6 Å². The minimum Gasteiger partial charge on any atom is -0.454 e. The van der Waals surface area contributed by atoms with Crippen LogP contribution in [0.25, 0.3) is 11.0 Å². The number of nitrogens with zero attached hydrogens (tertiary/aromatic N) is 3. The molecule has 1 aliphatic heterocycles. The van der Waals surface area contributed by atoms with Crippen LogP contribution in [-0.2, 0) is 17.5 Å². The van der Waals surface area contributed by atoms with E-state index in [0.29, 0.717) is 48.7 Å². The van der Waals surface area contributed by atoms with Crippen molar-refractivity contribution in [2.45, 2.75) is 12.7 Å². The van der Waals surface area contributed by atoms with E-state index in [1.807, 2.05) is 0 Å². The van der Waals surface area contributed by atoms with Crippen LogP contribution in [0.5, 0.6) is 11.5 Å². The van der Waals surface area contributed by atoms with E-state index in [-0.39, 0.29) is 17.1 Å². The van der Waals surface area contributed by atoms with E-state index in [1.54, 1.807) is 24.4 Å². The van der Waals surface area contributed by atoms with Crippen molar-refractivity contribution in [2.75, 3.05) is 36.9 Å². The molecule has 5 rings (SSSR count). The van der Waals surface area contributed by atoms with Crippen LogP contribution in [-0.4, -0.2) is 47.2 Å².